The van der Waals surface area contributed by atoms with Crippen LogP contribution < -0.4 is 0 Å². The van der Waals surface area contributed by atoms with Gasteiger partial charge in [-0.3, -0.25) is 9.67 Å². The fourth-order valence-corrected chi connectivity index (χ4v) is 5.94. The average Bonchev–Trinajstić information content (AvgIpc) is 3.48. The Kier molecular flexibility index (Phi) is 4.71. The number of hydrogen-bond acceptors (Lipinski definition) is 5. The standard InChI is InChI=1S/C23H23ClFN7/c1-12-13-2-4-14(5-3-13)16(12)9-18-19(25)23(32-7-6-26-11-32)29-22(28-18)20-17-8-15(24)10-27-21(17)31-30-20/h6-8,10-14,16H,2-5,9H2,1H3,(H,27,30,31). The second-order valence-corrected chi connectivity index (χ2v) is 9.56. The molecule has 0 spiro atoms. The van der Waals surface area contributed by atoms with E-state index in [1.807, 2.05) is 0 Å². The normalized spacial score (nSPS) is 25.0. The molecule has 164 valence electrons. The second kappa shape index (κ2) is 7.62. The lowest BCUT2D eigenvalue weighted by Crippen LogP contribution is -2.39. The number of rotatable bonds is 4. The lowest BCUT2D eigenvalue weighted by molar-refractivity contribution is 0.0334. The molecule has 4 aromatic rings. The number of imidazole rings is 1. The molecule has 3 saturated carbocycles. The maximum absolute atomic E-state index is 15.7. The molecule has 4 aromatic heterocycles. The van der Waals surface area contributed by atoms with Gasteiger partial charge in [0.25, 0.3) is 0 Å². The predicted octanol–water partition coefficient (Wildman–Crippen LogP) is 5.01. The first kappa shape index (κ1) is 19.8. The smallest absolute Gasteiger partial charge is 0.187 e. The van der Waals surface area contributed by atoms with E-state index < -0.39 is 0 Å². The van der Waals surface area contributed by atoms with Crippen LogP contribution in [0.5, 0.6) is 0 Å². The molecule has 32 heavy (non-hydrogen) atoms. The van der Waals surface area contributed by atoms with Crippen molar-refractivity contribution in [2.45, 2.75) is 39.0 Å². The van der Waals surface area contributed by atoms with Crippen molar-refractivity contribution in [3.05, 3.63) is 47.5 Å². The summed E-state index contributed by atoms with van der Waals surface area (Å²) in [5.74, 6) is 2.57. The molecule has 0 radical (unpaired) electrons. The van der Waals surface area contributed by atoms with Crippen LogP contribution in [-0.2, 0) is 6.42 Å². The van der Waals surface area contributed by atoms with E-state index >= 15 is 4.39 Å². The van der Waals surface area contributed by atoms with E-state index in [2.05, 4.69) is 32.1 Å². The molecule has 9 heteroatoms. The van der Waals surface area contributed by atoms with Gasteiger partial charge in [-0.25, -0.2) is 24.3 Å². The van der Waals surface area contributed by atoms with E-state index in [1.54, 1.807) is 35.6 Å². The molecule has 7 rings (SSSR count). The number of aromatic amines is 1. The number of hydrogen-bond donors (Lipinski definition) is 1. The Hall–Kier alpha value is -2.87. The Labute approximate surface area is 189 Å². The van der Waals surface area contributed by atoms with Crippen LogP contribution >= 0.6 is 11.6 Å². The summed E-state index contributed by atoms with van der Waals surface area (Å²) in [6.07, 6.45) is 12.1. The van der Waals surface area contributed by atoms with Gasteiger partial charge in [-0.2, -0.15) is 5.10 Å². The van der Waals surface area contributed by atoms with Crippen LogP contribution in [0.3, 0.4) is 0 Å². The molecule has 3 aliphatic carbocycles. The summed E-state index contributed by atoms with van der Waals surface area (Å²) < 4.78 is 17.3. The number of fused-ring (bicyclic) bond motifs is 4. The van der Waals surface area contributed by atoms with Crippen molar-refractivity contribution >= 4 is 22.6 Å². The summed E-state index contributed by atoms with van der Waals surface area (Å²) in [6.45, 7) is 2.33. The van der Waals surface area contributed by atoms with Gasteiger partial charge in [0.05, 0.1) is 16.1 Å². The van der Waals surface area contributed by atoms with Gasteiger partial charge >= 0.3 is 0 Å². The first-order chi connectivity index (χ1) is 15.6. The monoisotopic (exact) mass is 451 g/mol. The van der Waals surface area contributed by atoms with Crippen molar-refractivity contribution in [1.29, 1.82) is 0 Å². The quantitative estimate of drug-likeness (QED) is 0.471. The van der Waals surface area contributed by atoms with Gasteiger partial charge in [0.1, 0.15) is 12.0 Å². The number of H-pyrrole nitrogens is 1. The average molecular weight is 452 g/mol. The number of aromatic nitrogens is 7. The molecule has 0 aliphatic heterocycles. The molecule has 0 saturated heterocycles. The van der Waals surface area contributed by atoms with E-state index in [4.69, 9.17) is 16.6 Å². The minimum atomic E-state index is -0.389. The molecule has 2 bridgehead atoms. The van der Waals surface area contributed by atoms with Crippen molar-refractivity contribution < 1.29 is 4.39 Å². The molecule has 2 atom stereocenters. The zero-order valence-corrected chi connectivity index (χ0v) is 18.4. The lowest BCUT2D eigenvalue weighted by Gasteiger charge is -2.47. The minimum absolute atomic E-state index is 0.189. The Bertz CT molecular complexity index is 1280. The van der Waals surface area contributed by atoms with Crippen molar-refractivity contribution in [2.24, 2.45) is 23.7 Å². The Morgan fingerprint density at radius 3 is 2.75 bits per heavy atom. The number of nitrogens with one attached hydrogen (secondary N) is 1. The van der Waals surface area contributed by atoms with E-state index in [9.17, 15) is 0 Å². The topological polar surface area (TPSA) is 85.2 Å². The molecule has 0 amide bonds. The minimum Gasteiger partial charge on any atom is -0.288 e. The number of halogens is 2. The fraction of sp³-hybridized carbons (Fsp3) is 0.435. The molecule has 3 fully saturated rings. The molecule has 1 N–H and O–H groups in total. The zero-order chi connectivity index (χ0) is 21.8. The van der Waals surface area contributed by atoms with E-state index in [-0.39, 0.29) is 11.6 Å². The van der Waals surface area contributed by atoms with Crippen LogP contribution in [0.4, 0.5) is 4.39 Å². The maximum atomic E-state index is 15.7. The third-order valence-corrected chi connectivity index (χ3v) is 7.73. The largest absolute Gasteiger partial charge is 0.288 e. The molecule has 7 nitrogen and oxygen atoms in total. The van der Waals surface area contributed by atoms with Crippen LogP contribution in [-0.4, -0.2) is 34.7 Å². The van der Waals surface area contributed by atoms with Crippen molar-refractivity contribution in [2.75, 3.05) is 0 Å². The highest BCUT2D eigenvalue weighted by atomic mass is 35.5. The lowest BCUT2D eigenvalue weighted by atomic mass is 9.58. The molecule has 0 aromatic carbocycles. The van der Waals surface area contributed by atoms with Gasteiger partial charge in [-0.1, -0.05) is 18.5 Å². The van der Waals surface area contributed by atoms with E-state index in [0.29, 0.717) is 57.4 Å². The van der Waals surface area contributed by atoms with Crippen LogP contribution in [0.25, 0.3) is 28.4 Å². The zero-order valence-electron chi connectivity index (χ0n) is 17.7. The van der Waals surface area contributed by atoms with Crippen molar-refractivity contribution in [3.8, 4) is 17.3 Å². The molecule has 4 heterocycles. The predicted molar refractivity (Wildman–Crippen MR) is 119 cm³/mol. The van der Waals surface area contributed by atoms with Crippen LogP contribution in [0.1, 0.15) is 38.3 Å². The van der Waals surface area contributed by atoms with Crippen LogP contribution in [0.2, 0.25) is 5.02 Å². The van der Waals surface area contributed by atoms with Crippen LogP contribution in [0.15, 0.2) is 31.0 Å². The molecule has 3 aliphatic rings. The summed E-state index contributed by atoms with van der Waals surface area (Å²) in [6, 6.07) is 1.77. The van der Waals surface area contributed by atoms with E-state index in [0.717, 1.165) is 5.92 Å². The van der Waals surface area contributed by atoms with Gasteiger partial charge in [0.15, 0.2) is 23.1 Å². The fourth-order valence-electron chi connectivity index (χ4n) is 5.78. The molecular weight excluding hydrogens is 429 g/mol. The number of nitrogens with zero attached hydrogens (tertiary/aromatic N) is 6. The summed E-state index contributed by atoms with van der Waals surface area (Å²) in [4.78, 5) is 17.6. The molecule has 2 unspecified atom stereocenters. The third kappa shape index (κ3) is 3.20. The Balaban J connectivity index is 1.48. The first-order valence-corrected chi connectivity index (χ1v) is 11.5. The first-order valence-electron chi connectivity index (χ1n) is 11.1. The summed E-state index contributed by atoms with van der Waals surface area (Å²) >= 11 is 6.17. The van der Waals surface area contributed by atoms with Crippen LogP contribution in [0, 0.1) is 29.5 Å². The van der Waals surface area contributed by atoms with Gasteiger partial charge in [0.2, 0.25) is 0 Å². The highest BCUT2D eigenvalue weighted by Crippen LogP contribution is 2.49. The number of pyridine rings is 1. The Morgan fingerprint density at radius 2 is 2.00 bits per heavy atom. The summed E-state index contributed by atoms with van der Waals surface area (Å²) in [7, 11) is 0. The van der Waals surface area contributed by atoms with Gasteiger partial charge in [0, 0.05) is 18.6 Å². The van der Waals surface area contributed by atoms with Gasteiger partial charge in [-0.05, 0) is 61.8 Å². The summed E-state index contributed by atoms with van der Waals surface area (Å²) in [5, 5.41) is 8.42. The van der Waals surface area contributed by atoms with E-state index in [1.165, 1.54) is 25.7 Å². The highest BCUT2D eigenvalue weighted by molar-refractivity contribution is 6.31. The van der Waals surface area contributed by atoms with Crippen molar-refractivity contribution in [3.63, 3.8) is 0 Å². The third-order valence-electron chi connectivity index (χ3n) is 7.52. The SMILES string of the molecule is CC1C2CCC(CC2)C1Cc1nc(-c2[nH]nc3ncc(Cl)cc23)nc(-n2ccnc2)c1F. The summed E-state index contributed by atoms with van der Waals surface area (Å²) in [5.41, 5.74) is 1.54. The van der Waals surface area contributed by atoms with Gasteiger partial charge < -0.3 is 0 Å². The van der Waals surface area contributed by atoms with Gasteiger partial charge in [-0.15, -0.1) is 0 Å². The molecular formula is C23H23ClFN7. The maximum Gasteiger partial charge on any atom is 0.187 e. The Morgan fingerprint density at radius 1 is 1.19 bits per heavy atom. The van der Waals surface area contributed by atoms with Crippen molar-refractivity contribution in [1.82, 2.24) is 34.7 Å². The second-order valence-electron chi connectivity index (χ2n) is 9.13. The highest BCUT2D eigenvalue weighted by Gasteiger charge is 2.41.